The highest BCUT2D eigenvalue weighted by Crippen LogP contribution is 2.43. The zero-order chi connectivity index (χ0) is 21.3. The number of hydrogen-bond acceptors (Lipinski definition) is 8. The van der Waals surface area contributed by atoms with Crippen molar-refractivity contribution >= 4 is 5.71 Å². The van der Waals surface area contributed by atoms with Gasteiger partial charge in [0.15, 0.2) is 5.76 Å². The fraction of sp³-hybridized carbons (Fsp3) is 0.500. The Balaban J connectivity index is 1.90. The summed E-state index contributed by atoms with van der Waals surface area (Å²) < 4.78 is 22.3. The highest BCUT2D eigenvalue weighted by molar-refractivity contribution is 6.18. The van der Waals surface area contributed by atoms with Gasteiger partial charge >= 0.3 is 0 Å². The molecule has 1 N–H and O–H groups in total. The molecule has 2 atom stereocenters. The summed E-state index contributed by atoms with van der Waals surface area (Å²) in [6.45, 7) is 2.51. The van der Waals surface area contributed by atoms with Crippen LogP contribution in [0.4, 0.5) is 0 Å². The lowest BCUT2D eigenvalue weighted by Crippen LogP contribution is -2.32. The zero-order valence-corrected chi connectivity index (χ0v) is 17.8. The van der Waals surface area contributed by atoms with Gasteiger partial charge in [-0.05, 0) is 43.4 Å². The number of aromatic nitrogens is 2. The number of ether oxygens (including phenoxy) is 4. The number of dihydropyridines is 1. The summed E-state index contributed by atoms with van der Waals surface area (Å²) in [5, 5.41) is 18.5. The van der Waals surface area contributed by atoms with Crippen LogP contribution in [-0.4, -0.2) is 61.1 Å². The molecule has 3 aliphatic rings. The predicted octanol–water partition coefficient (Wildman–Crippen LogP) is 2.73. The molecule has 1 saturated carbocycles. The van der Waals surface area contributed by atoms with Gasteiger partial charge in [-0.15, -0.1) is 10.2 Å². The van der Waals surface area contributed by atoms with Gasteiger partial charge in [-0.1, -0.05) is 0 Å². The minimum atomic E-state index is -0.345. The lowest BCUT2D eigenvalue weighted by Gasteiger charge is -2.36. The van der Waals surface area contributed by atoms with E-state index in [-0.39, 0.29) is 12.1 Å². The maximum absolute atomic E-state index is 10.3. The van der Waals surface area contributed by atoms with Gasteiger partial charge in [-0.2, -0.15) is 0 Å². The Hall–Kier alpha value is -2.87. The molecule has 0 spiro atoms. The van der Waals surface area contributed by atoms with E-state index in [0.717, 1.165) is 35.5 Å². The summed E-state index contributed by atoms with van der Waals surface area (Å²) in [4.78, 5) is 5.07. The van der Waals surface area contributed by atoms with E-state index >= 15 is 0 Å². The Labute approximate surface area is 175 Å². The van der Waals surface area contributed by atoms with E-state index in [4.69, 9.17) is 23.9 Å². The average Bonchev–Trinajstić information content (AvgIpc) is 2.78. The van der Waals surface area contributed by atoms with E-state index in [2.05, 4.69) is 10.2 Å². The van der Waals surface area contributed by atoms with Gasteiger partial charge in [0.2, 0.25) is 11.8 Å². The van der Waals surface area contributed by atoms with Crippen LogP contribution in [0, 0.1) is 0 Å². The van der Waals surface area contributed by atoms with E-state index in [1.807, 2.05) is 13.0 Å². The maximum Gasteiger partial charge on any atom is 0.243 e. The molecule has 0 bridgehead atoms. The van der Waals surface area contributed by atoms with Crippen LogP contribution in [0.3, 0.4) is 0 Å². The fourth-order valence-corrected chi connectivity index (χ4v) is 4.31. The molecule has 160 valence electrons. The van der Waals surface area contributed by atoms with Crippen molar-refractivity contribution in [3.8, 4) is 11.8 Å². The van der Waals surface area contributed by atoms with Crippen molar-refractivity contribution in [1.29, 1.82) is 0 Å². The van der Waals surface area contributed by atoms with Crippen LogP contribution >= 0.6 is 0 Å². The molecule has 1 fully saturated rings. The van der Waals surface area contributed by atoms with Crippen LogP contribution in [0.15, 0.2) is 45.4 Å². The minimum absolute atomic E-state index is 0.00591. The quantitative estimate of drug-likeness (QED) is 0.766. The normalized spacial score (nSPS) is 23.2. The Morgan fingerprint density at radius 1 is 1.10 bits per heavy atom. The molecule has 1 aromatic rings. The number of nitrogens with zero attached hydrogens (tertiary/aromatic N) is 3. The van der Waals surface area contributed by atoms with Crippen molar-refractivity contribution < 1.29 is 24.1 Å². The second-order valence-corrected chi connectivity index (χ2v) is 7.40. The molecule has 8 nitrogen and oxygen atoms in total. The molecule has 1 aliphatic heterocycles. The molecule has 30 heavy (non-hydrogen) atoms. The topological polar surface area (TPSA) is 95.3 Å². The molecule has 1 aromatic heterocycles. The number of aliphatic hydroxyl groups excluding tert-OH is 1. The van der Waals surface area contributed by atoms with Crippen molar-refractivity contribution in [2.45, 2.75) is 44.8 Å². The molecule has 2 aliphatic carbocycles. The summed E-state index contributed by atoms with van der Waals surface area (Å²) in [7, 11) is 4.74. The second kappa shape index (κ2) is 8.47. The van der Waals surface area contributed by atoms with Crippen molar-refractivity contribution in [2.24, 2.45) is 4.99 Å². The largest absolute Gasteiger partial charge is 0.494 e. The van der Waals surface area contributed by atoms with Gasteiger partial charge in [-0.25, -0.2) is 0 Å². The molecule has 0 amide bonds. The van der Waals surface area contributed by atoms with Crippen molar-refractivity contribution in [3.05, 3.63) is 45.9 Å². The second-order valence-electron chi connectivity index (χ2n) is 7.40. The van der Waals surface area contributed by atoms with E-state index in [9.17, 15) is 5.11 Å². The van der Waals surface area contributed by atoms with Gasteiger partial charge < -0.3 is 24.1 Å². The number of hydrogen-bond donors (Lipinski definition) is 1. The monoisotopic (exact) mass is 413 g/mol. The van der Waals surface area contributed by atoms with Gasteiger partial charge in [0.05, 0.1) is 51.4 Å². The number of rotatable bonds is 6. The molecule has 0 radical (unpaired) electrons. The Morgan fingerprint density at radius 3 is 2.63 bits per heavy atom. The SMILES string of the molecule is CCOC1=C(OC)C=C2C(c3cc(OC)nnc3OC)=N[C@@H]3CC[C@@H](O)CC3=C2C1. The zero-order valence-electron chi connectivity index (χ0n) is 17.8. The Morgan fingerprint density at radius 2 is 1.93 bits per heavy atom. The molecule has 0 saturated heterocycles. The highest BCUT2D eigenvalue weighted by atomic mass is 16.5. The summed E-state index contributed by atoms with van der Waals surface area (Å²) in [5.41, 5.74) is 4.72. The van der Waals surface area contributed by atoms with Gasteiger partial charge in [0.25, 0.3) is 0 Å². The Kier molecular flexibility index (Phi) is 5.76. The maximum atomic E-state index is 10.3. The van der Waals surface area contributed by atoms with Crippen LogP contribution in [0.1, 0.15) is 38.2 Å². The van der Waals surface area contributed by atoms with Crippen molar-refractivity contribution in [2.75, 3.05) is 27.9 Å². The molecule has 0 unspecified atom stereocenters. The van der Waals surface area contributed by atoms with Crippen LogP contribution in [0.2, 0.25) is 0 Å². The fourth-order valence-electron chi connectivity index (χ4n) is 4.31. The van der Waals surface area contributed by atoms with Crippen LogP contribution < -0.4 is 9.47 Å². The van der Waals surface area contributed by atoms with E-state index in [1.165, 1.54) is 5.57 Å². The van der Waals surface area contributed by atoms with E-state index < -0.39 is 0 Å². The summed E-state index contributed by atoms with van der Waals surface area (Å²) in [6.07, 6.45) is 4.34. The summed E-state index contributed by atoms with van der Waals surface area (Å²) in [5.74, 6) is 2.24. The lowest BCUT2D eigenvalue weighted by molar-refractivity contribution is 0.143. The van der Waals surface area contributed by atoms with Gasteiger partial charge in [0, 0.05) is 18.1 Å². The number of methoxy groups -OCH3 is 3. The van der Waals surface area contributed by atoms with Crippen LogP contribution in [0.25, 0.3) is 0 Å². The lowest BCUT2D eigenvalue weighted by atomic mass is 9.76. The van der Waals surface area contributed by atoms with Gasteiger partial charge in [-0.3, -0.25) is 4.99 Å². The van der Waals surface area contributed by atoms with Crippen LogP contribution in [0.5, 0.6) is 11.8 Å². The molecular weight excluding hydrogens is 386 g/mol. The van der Waals surface area contributed by atoms with Gasteiger partial charge in [0.1, 0.15) is 5.76 Å². The number of allylic oxidation sites excluding steroid dienone is 3. The van der Waals surface area contributed by atoms with E-state index in [0.29, 0.717) is 42.5 Å². The minimum Gasteiger partial charge on any atom is -0.494 e. The molecule has 2 heterocycles. The summed E-state index contributed by atoms with van der Waals surface area (Å²) in [6, 6.07) is 1.80. The standard InChI is InChI=1S/C22H27N3O5/c1-5-30-19-9-13-14-8-12(26)6-7-17(14)23-21(15(13)10-18(19)27-2)16-11-20(28-3)24-25-22(16)29-4/h10-12,17,26H,5-9H2,1-4H3/t12-,17-/m1/s1. The third kappa shape index (κ3) is 3.56. The first kappa shape index (κ1) is 20.4. The number of aliphatic imine (C=N–C) groups is 1. The van der Waals surface area contributed by atoms with Crippen molar-refractivity contribution in [3.63, 3.8) is 0 Å². The number of aliphatic hydroxyl groups is 1. The first-order valence-electron chi connectivity index (χ1n) is 10.2. The molecule has 0 aromatic carbocycles. The first-order chi connectivity index (χ1) is 14.6. The highest BCUT2D eigenvalue weighted by Gasteiger charge is 2.37. The molecular formula is C22H27N3O5. The third-order valence-corrected chi connectivity index (χ3v) is 5.71. The smallest absolute Gasteiger partial charge is 0.243 e. The number of fused-ring (bicyclic) bond motifs is 2. The average molecular weight is 413 g/mol. The summed E-state index contributed by atoms with van der Waals surface area (Å²) >= 11 is 0. The Bertz CT molecular complexity index is 964. The third-order valence-electron chi connectivity index (χ3n) is 5.71. The van der Waals surface area contributed by atoms with Crippen LogP contribution in [-0.2, 0) is 9.47 Å². The van der Waals surface area contributed by atoms with E-state index in [1.54, 1.807) is 27.4 Å². The predicted molar refractivity (Wildman–Crippen MR) is 111 cm³/mol. The molecule has 8 heteroatoms. The van der Waals surface area contributed by atoms with Crippen molar-refractivity contribution in [1.82, 2.24) is 10.2 Å². The molecule has 4 rings (SSSR count). The first-order valence-corrected chi connectivity index (χ1v) is 10.2.